The van der Waals surface area contributed by atoms with Crippen LogP contribution in [0.15, 0.2) is 60.7 Å². The molecule has 0 aliphatic carbocycles. The second-order valence-corrected chi connectivity index (χ2v) is 8.50. The molecule has 7 nitrogen and oxygen atoms in total. The summed E-state index contributed by atoms with van der Waals surface area (Å²) in [5.74, 6) is 0.0469. The van der Waals surface area contributed by atoms with Crippen molar-refractivity contribution in [1.29, 1.82) is 0 Å². The first-order valence-electron chi connectivity index (χ1n) is 11.4. The molecule has 0 saturated carbocycles. The summed E-state index contributed by atoms with van der Waals surface area (Å²) in [6.07, 6.45) is 0. The van der Waals surface area contributed by atoms with Crippen LogP contribution in [-0.4, -0.2) is 64.1 Å². The Balaban J connectivity index is 1.25. The lowest BCUT2D eigenvalue weighted by Crippen LogP contribution is -2.51. The third kappa shape index (κ3) is 5.68. The van der Waals surface area contributed by atoms with Crippen LogP contribution in [0.5, 0.6) is 0 Å². The summed E-state index contributed by atoms with van der Waals surface area (Å²) in [5.41, 5.74) is 4.99. The second-order valence-electron chi connectivity index (χ2n) is 8.50. The molecular weight excluding hydrogens is 414 g/mol. The number of nitrogens with zero attached hydrogens (tertiary/aromatic N) is 4. The molecule has 1 aliphatic rings. The zero-order chi connectivity index (χ0) is 23.2. The maximum atomic E-state index is 12.6. The van der Waals surface area contributed by atoms with Crippen molar-refractivity contribution in [3.05, 3.63) is 88.7 Å². The summed E-state index contributed by atoms with van der Waals surface area (Å²) in [7, 11) is 0. The van der Waals surface area contributed by atoms with Crippen LogP contribution in [0.1, 0.15) is 32.9 Å². The van der Waals surface area contributed by atoms with Gasteiger partial charge in [0.15, 0.2) is 0 Å². The number of piperazine rings is 1. The highest BCUT2D eigenvalue weighted by molar-refractivity contribution is 5.94. The van der Waals surface area contributed by atoms with E-state index in [0.717, 1.165) is 17.0 Å². The Kier molecular flexibility index (Phi) is 7.19. The number of amides is 2. The topological polar surface area (TPSA) is 70.5 Å². The van der Waals surface area contributed by atoms with Gasteiger partial charge in [-0.1, -0.05) is 48.5 Å². The predicted octanol–water partition coefficient (Wildman–Crippen LogP) is 2.62. The second kappa shape index (κ2) is 10.4. The molecule has 172 valence electrons. The molecule has 33 heavy (non-hydrogen) atoms. The van der Waals surface area contributed by atoms with Gasteiger partial charge in [-0.25, -0.2) is 0 Å². The number of hydrogen-bond acceptors (Lipinski definition) is 4. The fraction of sp³-hybridized carbons (Fsp3) is 0.346. The molecule has 7 heteroatoms. The van der Waals surface area contributed by atoms with Crippen LogP contribution in [-0.2, 0) is 17.9 Å². The molecular formula is C26H31N5O2. The summed E-state index contributed by atoms with van der Waals surface area (Å²) in [5, 5.41) is 7.72. The normalized spacial score (nSPS) is 14.3. The zero-order valence-corrected chi connectivity index (χ0v) is 19.3. The van der Waals surface area contributed by atoms with E-state index in [2.05, 4.69) is 27.4 Å². The number of aryl methyl sites for hydroxylation is 1. The van der Waals surface area contributed by atoms with Crippen LogP contribution in [0.3, 0.4) is 0 Å². The summed E-state index contributed by atoms with van der Waals surface area (Å²) in [6.45, 7) is 8.20. The van der Waals surface area contributed by atoms with Crippen molar-refractivity contribution in [3.8, 4) is 0 Å². The third-order valence-corrected chi connectivity index (χ3v) is 6.22. The first-order valence-corrected chi connectivity index (χ1v) is 11.4. The minimum absolute atomic E-state index is 0.00700. The van der Waals surface area contributed by atoms with Gasteiger partial charge in [-0.15, -0.1) is 0 Å². The van der Waals surface area contributed by atoms with E-state index >= 15 is 0 Å². The molecule has 1 N–H and O–H groups in total. The van der Waals surface area contributed by atoms with Crippen LogP contribution in [0.25, 0.3) is 0 Å². The van der Waals surface area contributed by atoms with E-state index in [1.165, 1.54) is 5.56 Å². The fourth-order valence-electron chi connectivity index (χ4n) is 4.22. The predicted molar refractivity (Wildman–Crippen MR) is 128 cm³/mol. The Labute approximate surface area is 195 Å². The van der Waals surface area contributed by atoms with Crippen molar-refractivity contribution in [2.24, 2.45) is 0 Å². The highest BCUT2D eigenvalue weighted by Gasteiger charge is 2.23. The van der Waals surface area contributed by atoms with Gasteiger partial charge in [0.1, 0.15) is 0 Å². The van der Waals surface area contributed by atoms with E-state index in [9.17, 15) is 9.59 Å². The lowest BCUT2D eigenvalue weighted by molar-refractivity contribution is -0.122. The van der Waals surface area contributed by atoms with E-state index in [4.69, 9.17) is 0 Å². The maximum Gasteiger partial charge on any atom is 0.253 e. The summed E-state index contributed by atoms with van der Waals surface area (Å²) < 4.78 is 2.00. The van der Waals surface area contributed by atoms with Crippen LogP contribution in [0.4, 0.5) is 0 Å². The maximum absolute atomic E-state index is 12.6. The number of carbonyl (C=O) groups excluding carboxylic acids is 2. The molecule has 0 atom stereocenters. The van der Waals surface area contributed by atoms with Crippen molar-refractivity contribution in [1.82, 2.24) is 24.9 Å². The van der Waals surface area contributed by atoms with Gasteiger partial charge in [-0.2, -0.15) is 5.10 Å². The lowest BCUT2D eigenvalue weighted by atomic mass is 10.2. The minimum atomic E-state index is -0.00700. The molecule has 1 saturated heterocycles. The van der Waals surface area contributed by atoms with Gasteiger partial charge in [0.2, 0.25) is 5.91 Å². The summed E-state index contributed by atoms with van der Waals surface area (Å²) in [4.78, 5) is 29.1. The van der Waals surface area contributed by atoms with E-state index in [-0.39, 0.29) is 11.8 Å². The molecule has 1 fully saturated rings. The Hall–Kier alpha value is -3.45. The quantitative estimate of drug-likeness (QED) is 0.607. The summed E-state index contributed by atoms with van der Waals surface area (Å²) in [6, 6.07) is 19.6. The summed E-state index contributed by atoms with van der Waals surface area (Å²) >= 11 is 0. The lowest BCUT2D eigenvalue weighted by Gasteiger charge is -2.34. The average molecular weight is 446 g/mol. The number of rotatable bonds is 7. The first-order chi connectivity index (χ1) is 16.0. The molecule has 4 rings (SSSR count). The van der Waals surface area contributed by atoms with Crippen molar-refractivity contribution in [2.45, 2.75) is 26.9 Å². The molecule has 1 aliphatic heterocycles. The van der Waals surface area contributed by atoms with Gasteiger partial charge < -0.3 is 10.2 Å². The molecule has 0 spiro atoms. The number of hydrogen-bond donors (Lipinski definition) is 1. The minimum Gasteiger partial charge on any atom is -0.351 e. The average Bonchev–Trinajstić information content (AvgIpc) is 3.11. The van der Waals surface area contributed by atoms with Crippen LogP contribution >= 0.6 is 0 Å². The third-order valence-electron chi connectivity index (χ3n) is 6.22. The van der Waals surface area contributed by atoms with E-state index in [1.807, 2.05) is 72.0 Å². The molecule has 2 aromatic carbocycles. The van der Waals surface area contributed by atoms with Gasteiger partial charge >= 0.3 is 0 Å². The largest absolute Gasteiger partial charge is 0.351 e. The Morgan fingerprint density at radius 2 is 1.55 bits per heavy atom. The van der Waals surface area contributed by atoms with Gasteiger partial charge in [-0.05, 0) is 31.5 Å². The van der Waals surface area contributed by atoms with E-state index < -0.39 is 0 Å². The molecule has 3 aromatic rings. The van der Waals surface area contributed by atoms with Gasteiger partial charge in [0.05, 0.1) is 18.8 Å². The van der Waals surface area contributed by atoms with E-state index in [1.54, 1.807) is 0 Å². The molecule has 0 bridgehead atoms. The number of carbonyl (C=O) groups is 2. The first kappa shape index (κ1) is 22.7. The number of nitrogens with one attached hydrogen (secondary N) is 1. The SMILES string of the molecule is Cc1nn(Cc2ccccc2)c(C)c1CNC(=O)CN1CCN(C(=O)c2ccccc2)CC1. The molecule has 2 amide bonds. The van der Waals surface area contributed by atoms with Gasteiger partial charge in [-0.3, -0.25) is 19.2 Å². The van der Waals surface area contributed by atoms with Crippen molar-refractivity contribution in [2.75, 3.05) is 32.7 Å². The van der Waals surface area contributed by atoms with Crippen molar-refractivity contribution >= 4 is 11.8 Å². The molecule has 0 unspecified atom stereocenters. The molecule has 2 heterocycles. The zero-order valence-electron chi connectivity index (χ0n) is 19.3. The smallest absolute Gasteiger partial charge is 0.253 e. The van der Waals surface area contributed by atoms with Crippen molar-refractivity contribution in [3.63, 3.8) is 0 Å². The fourth-order valence-corrected chi connectivity index (χ4v) is 4.22. The van der Waals surface area contributed by atoms with Gasteiger partial charge in [0.25, 0.3) is 5.91 Å². The standard InChI is InChI=1S/C26H31N5O2/c1-20-24(21(2)31(28-20)18-22-9-5-3-6-10-22)17-27-25(32)19-29-13-15-30(16-14-29)26(33)23-11-7-4-8-12-23/h3-12H,13-19H2,1-2H3,(H,27,32). The number of aromatic nitrogens is 2. The monoisotopic (exact) mass is 445 g/mol. The highest BCUT2D eigenvalue weighted by Crippen LogP contribution is 2.15. The molecule has 0 radical (unpaired) electrons. The van der Waals surface area contributed by atoms with E-state index in [0.29, 0.717) is 51.4 Å². The van der Waals surface area contributed by atoms with Crippen LogP contribution in [0.2, 0.25) is 0 Å². The highest BCUT2D eigenvalue weighted by atomic mass is 16.2. The number of benzene rings is 2. The van der Waals surface area contributed by atoms with Crippen LogP contribution < -0.4 is 5.32 Å². The molecule has 1 aromatic heterocycles. The van der Waals surface area contributed by atoms with Crippen molar-refractivity contribution < 1.29 is 9.59 Å². The Bertz CT molecular complexity index is 1090. The van der Waals surface area contributed by atoms with Crippen LogP contribution in [0, 0.1) is 13.8 Å². The van der Waals surface area contributed by atoms with Gasteiger partial charge in [0, 0.05) is 49.5 Å². The Morgan fingerprint density at radius 1 is 0.909 bits per heavy atom. The Morgan fingerprint density at radius 3 is 2.21 bits per heavy atom.